The van der Waals surface area contributed by atoms with Crippen molar-refractivity contribution in [2.24, 2.45) is 10.8 Å². The van der Waals surface area contributed by atoms with Gasteiger partial charge in [-0.05, 0) is 135 Å². The number of carbonyl (C=O) groups excluding carboxylic acids is 2. The van der Waals surface area contributed by atoms with Gasteiger partial charge in [-0.25, -0.2) is 19.9 Å². The van der Waals surface area contributed by atoms with Crippen molar-refractivity contribution in [1.82, 2.24) is 40.1 Å². The first-order valence-corrected chi connectivity index (χ1v) is 26.8. The Morgan fingerprint density at radius 1 is 0.582 bits per heavy atom. The van der Waals surface area contributed by atoms with Crippen molar-refractivity contribution in [2.45, 2.75) is 75.5 Å². The monoisotopic (exact) mass is 1120 g/mol. The van der Waals surface area contributed by atoms with E-state index in [1.54, 1.807) is 60.9 Å². The van der Waals surface area contributed by atoms with E-state index in [2.05, 4.69) is 77.3 Å². The first kappa shape index (κ1) is 56.6. The number of hydrogen-bond donors (Lipinski definition) is 7. The van der Waals surface area contributed by atoms with Gasteiger partial charge in [-0.3, -0.25) is 9.59 Å². The summed E-state index contributed by atoms with van der Waals surface area (Å²) in [5, 5.41) is 16.5. The third kappa shape index (κ3) is 12.2. The van der Waals surface area contributed by atoms with Crippen molar-refractivity contribution in [3.8, 4) is 28.2 Å². The molecule has 4 fully saturated rings. The summed E-state index contributed by atoms with van der Waals surface area (Å²) in [6.07, 6.45) is 15.6. The summed E-state index contributed by atoms with van der Waals surface area (Å²) in [5.41, 5.74) is 21.2. The van der Waals surface area contributed by atoms with Gasteiger partial charge >= 0.3 is 41.1 Å². The molecule has 4 aliphatic rings. The van der Waals surface area contributed by atoms with Gasteiger partial charge in [-0.1, -0.05) is 77.8 Å². The molecule has 4 saturated carbocycles. The molecule has 0 saturated heterocycles. The van der Waals surface area contributed by atoms with Crippen molar-refractivity contribution in [3.63, 3.8) is 0 Å². The summed E-state index contributed by atoms with van der Waals surface area (Å²) in [4.78, 5) is 46.7. The molecule has 5 aromatic carbocycles. The van der Waals surface area contributed by atoms with Crippen LogP contribution < -0.4 is 62.3 Å². The largest absolute Gasteiger partial charge is 1.00 e. The van der Waals surface area contributed by atoms with E-state index in [4.69, 9.17) is 53.1 Å². The molecule has 0 unspecified atom stereocenters. The molecule has 10 N–H and O–H groups in total. The number of nitrogens with two attached hydrogens (primary N) is 2. The summed E-state index contributed by atoms with van der Waals surface area (Å²) < 4.78 is 18.8. The number of para-hydroxylation sites is 3. The van der Waals surface area contributed by atoms with Crippen LogP contribution in [0.2, 0.25) is 10.0 Å². The van der Waals surface area contributed by atoms with Crippen LogP contribution in [0.15, 0.2) is 152 Å². The minimum Gasteiger partial charge on any atom is -0.870 e. The van der Waals surface area contributed by atoms with Crippen LogP contribution in [0.25, 0.3) is 50.0 Å². The first-order valence-electron chi connectivity index (χ1n) is 25.4. The second kappa shape index (κ2) is 24.1. The number of aromatic nitrogens is 6. The number of amides is 2. The number of H-pyrrole nitrogens is 1. The fourth-order valence-electron chi connectivity index (χ4n) is 11.9. The maximum absolute atomic E-state index is 12.5. The third-order valence-electron chi connectivity index (χ3n) is 15.5. The van der Waals surface area contributed by atoms with Crippen LogP contribution >= 0.6 is 23.2 Å². The van der Waals surface area contributed by atoms with E-state index < -0.39 is 11.6 Å². The number of fused-ring (bicyclic) bond motifs is 2. The van der Waals surface area contributed by atoms with Gasteiger partial charge < -0.3 is 47.8 Å². The molecule has 4 aliphatic carbocycles. The van der Waals surface area contributed by atoms with Gasteiger partial charge in [0.05, 0.1) is 39.3 Å². The Labute approximate surface area is 491 Å². The predicted molar refractivity (Wildman–Crippen MR) is 305 cm³/mol. The quantitative estimate of drug-likeness (QED) is 0.0485. The molecule has 0 bridgehead atoms. The number of nitrogens with one attached hydrogen (secondary N) is 5. The van der Waals surface area contributed by atoms with Gasteiger partial charge in [0.2, 0.25) is 11.9 Å². The number of carbonyl (C=O) groups is 2. The Morgan fingerprint density at radius 2 is 1.01 bits per heavy atom. The fraction of sp³-hybridized carbons (Fsp3) is 0.241. The molecule has 79 heavy (non-hydrogen) atoms. The number of nitrogens with zero attached hydrogens (tertiary/aromatic N) is 5. The standard InChI is InChI=1S/C32H29ClN6O.C26H25ClN6O.Na.O2S.H2O/c33-27-18-35-31(37-23-16-32(17-23)14-22(15-32)36-30(40)20-10-12-21(34)13-11-20)38-29(27)26-19-39(24-6-2-1-3-7-24)28-9-5-4-8-25(26)28;27-21-14-30-25(33-23(21)20-13-29-22-4-2-1-3-19(20)22)32-18-11-26(12-18)9-17(10-26)31-24(34)15-5-7-16(28)8-6-15;;1-3-2;/h1-13,18-19,22-23H,14-17,34H2,(H,36,40)(H,35,37,38);1-8,13-14,17-18,29H,9-12,28H2,(H,31,34)(H,30,32,33);;;1H2/q;;+1;;/p-1. The predicted octanol–water partition coefficient (Wildman–Crippen LogP) is 7.65. The Kier molecular flexibility index (Phi) is 17.2. The Bertz CT molecular complexity index is 3670. The van der Waals surface area contributed by atoms with E-state index in [9.17, 15) is 9.59 Å². The van der Waals surface area contributed by atoms with Crippen molar-refractivity contribution >= 4 is 91.7 Å². The topological polar surface area (TPSA) is 271 Å². The van der Waals surface area contributed by atoms with E-state index >= 15 is 0 Å². The summed E-state index contributed by atoms with van der Waals surface area (Å²) in [6, 6.07) is 41.8. The zero-order valence-corrected chi connectivity index (χ0v) is 47.4. The second-order valence-corrected chi connectivity index (χ2v) is 21.7. The number of anilines is 4. The Hall–Kier alpha value is -7.16. The molecule has 398 valence electrons. The molecule has 17 nitrogen and oxygen atoms in total. The maximum atomic E-state index is 12.5. The average Bonchev–Trinajstić information content (AvgIpc) is 4.13. The maximum Gasteiger partial charge on any atom is 1.00 e. The molecule has 13 rings (SSSR count). The van der Waals surface area contributed by atoms with Gasteiger partial charge in [0.1, 0.15) is 0 Å². The number of rotatable bonds is 11. The van der Waals surface area contributed by atoms with Crippen LogP contribution in [-0.2, 0) is 11.6 Å². The van der Waals surface area contributed by atoms with Gasteiger partial charge in [-0.2, -0.15) is 8.42 Å². The molecule has 0 radical (unpaired) electrons. The summed E-state index contributed by atoms with van der Waals surface area (Å²) in [5.74, 6) is 1.11. The molecule has 4 aromatic heterocycles. The zero-order chi connectivity index (χ0) is 53.3. The van der Waals surface area contributed by atoms with Crippen molar-refractivity contribution < 1.29 is 53.0 Å². The molecule has 21 heteroatoms. The normalized spacial score (nSPS) is 21.1. The average molecular weight is 1130 g/mol. The van der Waals surface area contributed by atoms with Crippen molar-refractivity contribution in [1.29, 1.82) is 0 Å². The Morgan fingerprint density at radius 3 is 1.52 bits per heavy atom. The van der Waals surface area contributed by atoms with Crippen LogP contribution in [0.5, 0.6) is 0 Å². The van der Waals surface area contributed by atoms with Gasteiger partial charge in [-0.15, -0.1) is 0 Å². The summed E-state index contributed by atoms with van der Waals surface area (Å²) >= 11 is 12.4. The van der Waals surface area contributed by atoms with Crippen molar-refractivity contribution in [3.05, 3.63) is 173 Å². The second-order valence-electron chi connectivity index (χ2n) is 20.8. The molecule has 2 amide bonds. The van der Waals surface area contributed by atoms with Crippen LogP contribution in [0.1, 0.15) is 72.1 Å². The van der Waals surface area contributed by atoms with E-state index in [1.165, 1.54) is 0 Å². The van der Waals surface area contributed by atoms with Crippen LogP contribution in [0.3, 0.4) is 0 Å². The Balaban J connectivity index is 0.000000180. The molecular weight excluding hydrogens is 1070 g/mol. The third-order valence-corrected chi connectivity index (χ3v) is 16.0. The number of hydrogen-bond acceptors (Lipinski definition) is 13. The van der Waals surface area contributed by atoms with Crippen molar-refractivity contribution in [2.75, 3.05) is 22.1 Å². The summed E-state index contributed by atoms with van der Waals surface area (Å²) in [7, 11) is 0. The minimum absolute atomic E-state index is 0. The molecule has 9 aromatic rings. The van der Waals surface area contributed by atoms with Gasteiger partial charge in [0.25, 0.3) is 11.8 Å². The van der Waals surface area contributed by atoms with E-state index in [0.717, 1.165) is 95.7 Å². The number of halogens is 2. The smallest absolute Gasteiger partial charge is 0.870 e. The number of nitrogen functional groups attached to an aromatic ring is 2. The molecule has 0 atom stereocenters. The van der Waals surface area contributed by atoms with Gasteiger partial charge in [0, 0.05) is 92.2 Å². The SMILES string of the molecule is Nc1ccc(C(=O)NC2CC3(C2)CC(Nc2ncc(Cl)c(-c4c[nH]c5ccccc45)n2)C3)cc1.Nc1ccc(C(=O)NC2CC3(C2)CC(Nc2ncc(Cl)c(-c4cn(-c5ccccc5)c5ccccc45)n2)C3)cc1.O=S=O.[Na+].[OH-]. The molecule has 4 heterocycles. The summed E-state index contributed by atoms with van der Waals surface area (Å²) in [6.45, 7) is 0. The molecule has 0 aliphatic heterocycles. The van der Waals surface area contributed by atoms with E-state index in [0.29, 0.717) is 67.6 Å². The number of aromatic amines is 1. The van der Waals surface area contributed by atoms with Gasteiger partial charge in [0.15, 0.2) is 0 Å². The molecular formula is C58H55Cl2N12NaO5S. The zero-order valence-electron chi connectivity index (χ0n) is 43.0. The minimum atomic E-state index is -0.750. The fourth-order valence-corrected chi connectivity index (χ4v) is 12.3. The van der Waals surface area contributed by atoms with E-state index in [-0.39, 0.29) is 64.3 Å². The van der Waals surface area contributed by atoms with Crippen LogP contribution in [0.4, 0.5) is 23.3 Å². The first-order chi connectivity index (χ1) is 37.4. The number of benzene rings is 5. The van der Waals surface area contributed by atoms with Crippen LogP contribution in [-0.4, -0.2) is 79.4 Å². The van der Waals surface area contributed by atoms with Crippen LogP contribution in [0, 0.1) is 10.8 Å². The van der Waals surface area contributed by atoms with E-state index in [1.807, 2.05) is 54.7 Å². The molecule has 2 spiro atoms.